The van der Waals surface area contributed by atoms with Gasteiger partial charge in [0, 0.05) is 12.4 Å². The van der Waals surface area contributed by atoms with Crippen LogP contribution in [0.1, 0.15) is 31.2 Å². The van der Waals surface area contributed by atoms with Crippen molar-refractivity contribution < 1.29 is 0 Å². The van der Waals surface area contributed by atoms with E-state index in [-0.39, 0.29) is 0 Å². The summed E-state index contributed by atoms with van der Waals surface area (Å²) in [5, 5.41) is 0. The normalized spacial score (nSPS) is 10.2. The van der Waals surface area contributed by atoms with Crippen molar-refractivity contribution in [1.29, 1.82) is 0 Å². The highest BCUT2D eigenvalue weighted by Crippen LogP contribution is 2.00. The number of hydrogen-bond donors (Lipinski definition) is 0. The van der Waals surface area contributed by atoms with Crippen LogP contribution in [0.4, 0.5) is 0 Å². The maximum Gasteiger partial charge on any atom is 0.0586 e. The largest absolute Gasteiger partial charge is 0.258 e. The Kier molecular flexibility index (Phi) is 3.71. The number of hydrogen-bond acceptors (Lipinski definition) is 2. The summed E-state index contributed by atoms with van der Waals surface area (Å²) >= 11 is 0. The predicted octanol–water partition coefficient (Wildman–Crippen LogP) is 2.20. The lowest BCUT2D eigenvalue weighted by atomic mass is 10.2. The molecule has 12 heavy (non-hydrogen) atoms. The first-order valence-electron chi connectivity index (χ1n) is 4.46. The predicted molar refractivity (Wildman–Crippen MR) is 49.7 cm³/mol. The summed E-state index contributed by atoms with van der Waals surface area (Å²) in [6, 6.07) is 0. The van der Waals surface area contributed by atoms with Gasteiger partial charge in [0.25, 0.3) is 0 Å². The lowest BCUT2D eigenvalue weighted by Crippen LogP contribution is -1.95. The second-order valence-electron chi connectivity index (χ2n) is 2.85. The van der Waals surface area contributed by atoms with E-state index in [1.807, 2.05) is 12.4 Å². The zero-order valence-electron chi connectivity index (χ0n) is 7.58. The molecule has 1 aromatic rings. The van der Waals surface area contributed by atoms with Crippen molar-refractivity contribution in [2.75, 3.05) is 0 Å². The van der Waals surface area contributed by atoms with Crippen molar-refractivity contribution in [3.63, 3.8) is 0 Å². The minimum Gasteiger partial charge on any atom is -0.258 e. The maximum absolute atomic E-state index is 4.30. The first-order chi connectivity index (χ1) is 5.86. The van der Waals surface area contributed by atoms with E-state index in [0.29, 0.717) is 0 Å². The summed E-state index contributed by atoms with van der Waals surface area (Å²) in [6.45, 7) is 5.92. The van der Waals surface area contributed by atoms with Crippen LogP contribution in [0, 0.1) is 6.92 Å². The molecule has 0 fully saturated rings. The Labute approximate surface area is 74.1 Å². The quantitative estimate of drug-likeness (QED) is 0.680. The van der Waals surface area contributed by atoms with Crippen LogP contribution >= 0.6 is 0 Å². The minimum absolute atomic E-state index is 0.891. The highest BCUT2D eigenvalue weighted by atomic mass is 14.8. The molecule has 2 nitrogen and oxygen atoms in total. The number of aryl methyl sites for hydroxylation is 2. The summed E-state index contributed by atoms with van der Waals surface area (Å²) in [4.78, 5) is 8.58. The van der Waals surface area contributed by atoms with Gasteiger partial charge < -0.3 is 0 Å². The third-order valence-corrected chi connectivity index (χ3v) is 1.70. The van der Waals surface area contributed by atoms with E-state index in [4.69, 9.17) is 0 Å². The number of nitrogens with zero attached hydrogens (tertiary/aromatic N) is 2. The standard InChI is InChI=1S/C10H15N2/c1-3-5-9-7-12-10(6-4-2)8-11-9/h7-8H,1,3-6H2,2H3. The molecule has 0 bridgehead atoms. The van der Waals surface area contributed by atoms with Crippen molar-refractivity contribution in [3.8, 4) is 0 Å². The highest BCUT2D eigenvalue weighted by molar-refractivity contribution is 5.02. The Morgan fingerprint density at radius 1 is 1.17 bits per heavy atom. The van der Waals surface area contributed by atoms with E-state index < -0.39 is 0 Å². The molecule has 2 heteroatoms. The second-order valence-corrected chi connectivity index (χ2v) is 2.85. The van der Waals surface area contributed by atoms with Crippen LogP contribution in [0.25, 0.3) is 0 Å². The Morgan fingerprint density at radius 2 is 1.75 bits per heavy atom. The van der Waals surface area contributed by atoms with Gasteiger partial charge in [-0.05, 0) is 19.3 Å². The summed E-state index contributed by atoms with van der Waals surface area (Å²) in [5.41, 5.74) is 2.13. The Bertz CT molecular complexity index is 191. The van der Waals surface area contributed by atoms with Crippen molar-refractivity contribution >= 4 is 0 Å². The molecule has 1 heterocycles. The summed E-state index contributed by atoms with van der Waals surface area (Å²) in [7, 11) is 0. The molecule has 65 valence electrons. The van der Waals surface area contributed by atoms with Gasteiger partial charge in [-0.25, -0.2) is 0 Å². The van der Waals surface area contributed by atoms with Crippen molar-refractivity contribution in [3.05, 3.63) is 30.7 Å². The third-order valence-electron chi connectivity index (χ3n) is 1.70. The fourth-order valence-electron chi connectivity index (χ4n) is 1.08. The van der Waals surface area contributed by atoms with Crippen LogP contribution < -0.4 is 0 Å². The van der Waals surface area contributed by atoms with Gasteiger partial charge >= 0.3 is 0 Å². The molecular weight excluding hydrogens is 148 g/mol. The molecule has 0 aromatic carbocycles. The number of aromatic nitrogens is 2. The van der Waals surface area contributed by atoms with E-state index in [9.17, 15) is 0 Å². The first-order valence-corrected chi connectivity index (χ1v) is 4.46. The van der Waals surface area contributed by atoms with Gasteiger partial charge in [0.05, 0.1) is 11.4 Å². The monoisotopic (exact) mass is 163 g/mol. The molecule has 0 saturated carbocycles. The topological polar surface area (TPSA) is 25.8 Å². The zero-order valence-corrected chi connectivity index (χ0v) is 7.58. The van der Waals surface area contributed by atoms with Gasteiger partial charge in [-0.2, -0.15) is 0 Å². The molecule has 0 amide bonds. The number of rotatable bonds is 4. The van der Waals surface area contributed by atoms with E-state index in [0.717, 1.165) is 37.1 Å². The second kappa shape index (κ2) is 4.86. The maximum atomic E-state index is 4.30. The van der Waals surface area contributed by atoms with Crippen LogP contribution in [0.5, 0.6) is 0 Å². The van der Waals surface area contributed by atoms with Crippen LogP contribution in [0.15, 0.2) is 12.4 Å². The van der Waals surface area contributed by atoms with E-state index in [1.165, 1.54) is 0 Å². The lowest BCUT2D eigenvalue weighted by molar-refractivity contribution is 0.844. The first kappa shape index (κ1) is 9.17. The molecule has 0 aliphatic rings. The fourth-order valence-corrected chi connectivity index (χ4v) is 1.08. The van der Waals surface area contributed by atoms with Crippen LogP contribution in [0.3, 0.4) is 0 Å². The van der Waals surface area contributed by atoms with Crippen LogP contribution in [-0.4, -0.2) is 9.97 Å². The summed E-state index contributed by atoms with van der Waals surface area (Å²) < 4.78 is 0. The molecule has 1 radical (unpaired) electrons. The molecule has 0 N–H and O–H groups in total. The van der Waals surface area contributed by atoms with E-state index in [2.05, 4.69) is 23.8 Å². The van der Waals surface area contributed by atoms with E-state index in [1.54, 1.807) is 0 Å². The third kappa shape index (κ3) is 2.61. The molecule has 0 atom stereocenters. The molecule has 1 aromatic heterocycles. The lowest BCUT2D eigenvalue weighted by Gasteiger charge is -1.99. The van der Waals surface area contributed by atoms with Crippen LogP contribution in [-0.2, 0) is 12.8 Å². The van der Waals surface area contributed by atoms with Crippen molar-refractivity contribution in [2.45, 2.75) is 32.6 Å². The molecule has 0 unspecified atom stereocenters. The average Bonchev–Trinajstić information content (AvgIpc) is 2.09. The fraction of sp³-hybridized carbons (Fsp3) is 0.500. The Balaban J connectivity index is 2.58. The smallest absolute Gasteiger partial charge is 0.0586 e. The molecule has 1 rings (SSSR count). The molecule has 0 spiro atoms. The van der Waals surface area contributed by atoms with Gasteiger partial charge in [0.1, 0.15) is 0 Å². The van der Waals surface area contributed by atoms with Crippen LogP contribution in [0.2, 0.25) is 0 Å². The van der Waals surface area contributed by atoms with Gasteiger partial charge in [-0.1, -0.05) is 20.3 Å². The molecule has 0 saturated heterocycles. The van der Waals surface area contributed by atoms with Gasteiger partial charge in [0.2, 0.25) is 0 Å². The van der Waals surface area contributed by atoms with Gasteiger partial charge in [-0.15, -0.1) is 0 Å². The molecular formula is C10H15N2. The Morgan fingerprint density at radius 3 is 2.17 bits per heavy atom. The van der Waals surface area contributed by atoms with Gasteiger partial charge in [-0.3, -0.25) is 9.97 Å². The van der Waals surface area contributed by atoms with E-state index >= 15 is 0 Å². The SMILES string of the molecule is [CH2]CCc1cnc(CCC)cn1. The summed E-state index contributed by atoms with van der Waals surface area (Å²) in [6.07, 6.45) is 7.70. The highest BCUT2D eigenvalue weighted by Gasteiger charge is 1.95. The minimum atomic E-state index is 0.891. The summed E-state index contributed by atoms with van der Waals surface area (Å²) in [5.74, 6) is 0. The van der Waals surface area contributed by atoms with Crippen molar-refractivity contribution in [2.24, 2.45) is 0 Å². The van der Waals surface area contributed by atoms with Crippen molar-refractivity contribution in [1.82, 2.24) is 9.97 Å². The molecule has 0 aliphatic carbocycles. The Hall–Kier alpha value is -0.920. The van der Waals surface area contributed by atoms with Gasteiger partial charge in [0.15, 0.2) is 0 Å². The zero-order chi connectivity index (χ0) is 8.81. The molecule has 0 aliphatic heterocycles. The average molecular weight is 163 g/mol.